The maximum Gasteiger partial charge on any atom is 0.270 e. The highest BCUT2D eigenvalue weighted by atomic mass is 19.1. The third kappa shape index (κ3) is 3.79. The molecule has 1 aliphatic heterocycles. The number of hydrogen-bond donors (Lipinski definition) is 0. The topological polar surface area (TPSA) is 45.7 Å². The first-order valence-corrected chi connectivity index (χ1v) is 10.3. The highest BCUT2D eigenvalue weighted by Crippen LogP contribution is 2.33. The van der Waals surface area contributed by atoms with Crippen LogP contribution in [0.2, 0.25) is 0 Å². The van der Waals surface area contributed by atoms with E-state index in [2.05, 4.69) is 33.5 Å². The number of benzene rings is 1. The SMILES string of the molecule is [2H]C(C)(c1ccc(F)cc1)N1C[C@H](C)N(c2cc(=O)n(C)c3ccc([N+]#[C-])nc23)C[C@H]1C. The Morgan fingerprint density at radius 2 is 1.90 bits per heavy atom. The molecule has 0 amide bonds. The summed E-state index contributed by atoms with van der Waals surface area (Å²) in [6.07, 6.45) is 0. The second kappa shape index (κ2) is 8.12. The van der Waals surface area contributed by atoms with Crippen molar-refractivity contribution in [1.82, 2.24) is 14.5 Å². The minimum atomic E-state index is -1.03. The molecule has 7 heteroatoms. The van der Waals surface area contributed by atoms with Gasteiger partial charge in [0.2, 0.25) is 5.52 Å². The number of hydrogen-bond acceptors (Lipinski definition) is 4. The number of aromatic nitrogens is 2. The van der Waals surface area contributed by atoms with Crippen LogP contribution in [-0.2, 0) is 7.05 Å². The highest BCUT2D eigenvalue weighted by molar-refractivity contribution is 5.89. The average molecular weight is 421 g/mol. The van der Waals surface area contributed by atoms with E-state index >= 15 is 0 Å². The Hall–Kier alpha value is -3.24. The Balaban J connectivity index is 1.72. The van der Waals surface area contributed by atoms with Crippen molar-refractivity contribution in [3.63, 3.8) is 0 Å². The summed E-state index contributed by atoms with van der Waals surface area (Å²) in [5, 5.41) is 0. The molecule has 0 saturated carbocycles. The van der Waals surface area contributed by atoms with Gasteiger partial charge >= 0.3 is 0 Å². The fourth-order valence-electron chi connectivity index (χ4n) is 4.37. The van der Waals surface area contributed by atoms with E-state index in [1.807, 2.05) is 6.92 Å². The third-order valence-corrected chi connectivity index (χ3v) is 6.16. The molecule has 1 aromatic carbocycles. The summed E-state index contributed by atoms with van der Waals surface area (Å²) in [6.45, 7) is 14.4. The molecule has 1 saturated heterocycles. The van der Waals surface area contributed by atoms with Crippen LogP contribution >= 0.6 is 0 Å². The van der Waals surface area contributed by atoms with E-state index in [0.29, 0.717) is 29.8 Å². The monoisotopic (exact) mass is 420 g/mol. The number of rotatable bonds is 3. The van der Waals surface area contributed by atoms with Crippen LogP contribution in [0.1, 0.15) is 33.7 Å². The van der Waals surface area contributed by atoms with Crippen molar-refractivity contribution in [2.45, 2.75) is 38.9 Å². The fraction of sp³-hybridized carbons (Fsp3) is 0.375. The van der Waals surface area contributed by atoms with Gasteiger partial charge in [0.1, 0.15) is 5.82 Å². The first kappa shape index (κ1) is 19.7. The van der Waals surface area contributed by atoms with Gasteiger partial charge in [0, 0.05) is 44.3 Å². The van der Waals surface area contributed by atoms with Crippen LogP contribution in [0.3, 0.4) is 0 Å². The number of halogens is 1. The predicted molar refractivity (Wildman–Crippen MR) is 121 cm³/mol. The molecule has 0 aliphatic carbocycles. The molecular weight excluding hydrogens is 393 g/mol. The molecule has 1 fully saturated rings. The van der Waals surface area contributed by atoms with Crippen molar-refractivity contribution in [2.75, 3.05) is 18.0 Å². The summed E-state index contributed by atoms with van der Waals surface area (Å²) in [5.74, 6) is -0.0358. The Labute approximate surface area is 182 Å². The maximum atomic E-state index is 13.4. The lowest BCUT2D eigenvalue weighted by Gasteiger charge is -2.47. The van der Waals surface area contributed by atoms with E-state index < -0.39 is 6.02 Å². The minimum absolute atomic E-state index is 0.00924. The molecule has 6 nitrogen and oxygen atoms in total. The Bertz CT molecular complexity index is 1260. The van der Waals surface area contributed by atoms with Crippen molar-refractivity contribution < 1.29 is 5.76 Å². The zero-order chi connectivity index (χ0) is 23.2. The van der Waals surface area contributed by atoms with Gasteiger partial charge in [-0.25, -0.2) is 4.39 Å². The first-order chi connectivity index (χ1) is 15.1. The van der Waals surface area contributed by atoms with Crippen molar-refractivity contribution in [1.29, 1.82) is 0 Å². The molecule has 0 N–H and O–H groups in total. The molecule has 4 rings (SSSR count). The summed E-state index contributed by atoms with van der Waals surface area (Å²) in [6, 6.07) is 10.0. The Morgan fingerprint density at radius 1 is 1.19 bits per heavy atom. The van der Waals surface area contributed by atoms with Gasteiger partial charge in [-0.2, -0.15) is 0 Å². The predicted octanol–water partition coefficient (Wildman–Crippen LogP) is 4.28. The van der Waals surface area contributed by atoms with Crippen LogP contribution in [0.4, 0.5) is 15.9 Å². The van der Waals surface area contributed by atoms with Gasteiger partial charge in [0.15, 0.2) is 0 Å². The van der Waals surface area contributed by atoms with Gasteiger partial charge in [-0.1, -0.05) is 18.7 Å². The number of anilines is 1. The maximum absolute atomic E-state index is 13.4. The van der Waals surface area contributed by atoms with Gasteiger partial charge in [0.25, 0.3) is 11.4 Å². The largest absolute Gasteiger partial charge is 0.362 e. The van der Waals surface area contributed by atoms with Crippen molar-refractivity contribution >= 4 is 22.5 Å². The van der Waals surface area contributed by atoms with Crippen LogP contribution in [0.25, 0.3) is 15.9 Å². The summed E-state index contributed by atoms with van der Waals surface area (Å²) in [5.41, 5.74) is 2.61. The van der Waals surface area contributed by atoms with Gasteiger partial charge < -0.3 is 14.3 Å². The highest BCUT2D eigenvalue weighted by Gasteiger charge is 2.34. The van der Waals surface area contributed by atoms with Crippen molar-refractivity contribution in [3.05, 3.63) is 75.6 Å². The molecule has 3 atom stereocenters. The summed E-state index contributed by atoms with van der Waals surface area (Å²) in [7, 11) is 1.70. The lowest BCUT2D eigenvalue weighted by Crippen LogP contribution is -2.57. The molecule has 1 unspecified atom stereocenters. The molecule has 3 aromatic rings. The van der Waals surface area contributed by atoms with E-state index in [1.54, 1.807) is 41.9 Å². The molecule has 3 heterocycles. The molecule has 0 bridgehead atoms. The number of piperazine rings is 1. The molecule has 2 aromatic heterocycles. The molecule has 0 spiro atoms. The molecule has 31 heavy (non-hydrogen) atoms. The normalized spacial score (nSPS) is 22.1. The quantitative estimate of drug-likeness (QED) is 0.593. The molecule has 0 radical (unpaired) electrons. The zero-order valence-electron chi connectivity index (χ0n) is 19.1. The summed E-state index contributed by atoms with van der Waals surface area (Å²) >= 11 is 0. The number of pyridine rings is 2. The van der Waals surface area contributed by atoms with E-state index in [-0.39, 0.29) is 29.3 Å². The van der Waals surface area contributed by atoms with Crippen LogP contribution in [0, 0.1) is 12.4 Å². The molecule has 160 valence electrons. The van der Waals surface area contributed by atoms with E-state index in [9.17, 15) is 9.18 Å². The van der Waals surface area contributed by atoms with E-state index in [0.717, 1.165) is 5.56 Å². The number of fused-ring (bicyclic) bond motifs is 1. The molecule has 1 aliphatic rings. The van der Waals surface area contributed by atoms with Crippen molar-refractivity contribution in [3.8, 4) is 0 Å². The van der Waals surface area contributed by atoms with Crippen LogP contribution < -0.4 is 10.5 Å². The third-order valence-electron chi connectivity index (χ3n) is 6.16. The Kier molecular flexibility index (Phi) is 5.16. The van der Waals surface area contributed by atoms with Gasteiger partial charge in [0.05, 0.1) is 12.6 Å². The first-order valence-electron chi connectivity index (χ1n) is 10.8. The standard InChI is InChI=1S/C24H26FN5O/c1-15-14-30(16(2)13-29(15)17(3)18-6-8-19(25)9-7-18)21-12-23(31)28(5)20-10-11-22(26-4)27-24(20)21/h6-12,15-17H,13-14H2,1-3,5H3/t15-,16+,17?/m1/s1/i17D. The summed E-state index contributed by atoms with van der Waals surface area (Å²) in [4.78, 5) is 24.9. The van der Waals surface area contributed by atoms with Gasteiger partial charge in [-0.15, -0.1) is 4.98 Å². The van der Waals surface area contributed by atoms with Crippen LogP contribution in [0.5, 0.6) is 0 Å². The second-order valence-electron chi connectivity index (χ2n) is 8.17. The Morgan fingerprint density at radius 3 is 2.58 bits per heavy atom. The lowest BCUT2D eigenvalue weighted by molar-refractivity contribution is 0.119. The van der Waals surface area contributed by atoms with Gasteiger partial charge in [-0.3, -0.25) is 9.69 Å². The lowest BCUT2D eigenvalue weighted by atomic mass is 10.00. The van der Waals surface area contributed by atoms with Crippen LogP contribution in [0.15, 0.2) is 47.3 Å². The number of nitrogens with zero attached hydrogens (tertiary/aromatic N) is 5. The summed E-state index contributed by atoms with van der Waals surface area (Å²) < 4.78 is 24.0. The van der Waals surface area contributed by atoms with E-state index in [1.165, 1.54) is 12.1 Å². The zero-order valence-corrected chi connectivity index (χ0v) is 18.1. The van der Waals surface area contributed by atoms with Crippen molar-refractivity contribution in [2.24, 2.45) is 7.05 Å². The van der Waals surface area contributed by atoms with Crippen LogP contribution in [-0.4, -0.2) is 39.6 Å². The smallest absolute Gasteiger partial charge is 0.270 e. The molecular formula is C24H26FN5O. The number of aryl methyl sites for hydroxylation is 1. The fourth-order valence-corrected chi connectivity index (χ4v) is 4.37. The van der Waals surface area contributed by atoms with E-state index in [4.69, 9.17) is 7.94 Å². The average Bonchev–Trinajstić information content (AvgIpc) is 2.77. The second-order valence-corrected chi connectivity index (χ2v) is 8.17. The van der Waals surface area contributed by atoms with Gasteiger partial charge in [-0.05, 0) is 50.6 Å². The minimum Gasteiger partial charge on any atom is -0.362 e.